The van der Waals surface area contributed by atoms with Crippen LogP contribution in [0.15, 0.2) is 47.4 Å². The van der Waals surface area contributed by atoms with Crippen LogP contribution in [-0.4, -0.2) is 25.8 Å². The fourth-order valence-electron chi connectivity index (χ4n) is 3.14. The van der Waals surface area contributed by atoms with Gasteiger partial charge in [-0.25, -0.2) is 0 Å². The molecule has 3 heterocycles. The topological polar surface area (TPSA) is 85.8 Å². The Labute approximate surface area is 145 Å². The minimum atomic E-state index is -0.278. The number of pyridine rings is 1. The molecule has 1 saturated carbocycles. The van der Waals surface area contributed by atoms with Crippen LogP contribution in [0.4, 0.5) is 0 Å². The largest absolute Gasteiger partial charge is 0.355 e. The van der Waals surface area contributed by atoms with E-state index >= 15 is 0 Å². The van der Waals surface area contributed by atoms with Crippen molar-refractivity contribution in [3.05, 3.63) is 54.2 Å². The van der Waals surface area contributed by atoms with Crippen molar-refractivity contribution >= 4 is 5.91 Å². The van der Waals surface area contributed by atoms with Crippen LogP contribution in [0.25, 0.3) is 11.3 Å². The molecular weight excluding hydrogens is 318 g/mol. The first kappa shape index (κ1) is 15.6. The van der Waals surface area contributed by atoms with Crippen LogP contribution < -0.4 is 5.32 Å². The molecule has 0 spiro atoms. The van der Waals surface area contributed by atoms with Gasteiger partial charge in [-0.05, 0) is 31.0 Å². The van der Waals surface area contributed by atoms with Crippen molar-refractivity contribution in [3.8, 4) is 11.3 Å². The number of amides is 1. The van der Waals surface area contributed by atoms with Crippen molar-refractivity contribution in [2.75, 3.05) is 0 Å². The maximum atomic E-state index is 12.2. The number of nitrogens with one attached hydrogen (secondary N) is 1. The summed E-state index contributed by atoms with van der Waals surface area (Å²) in [6.07, 6.45) is 10.2. The predicted octanol–water partition coefficient (Wildman–Crippen LogP) is 2.98. The predicted molar refractivity (Wildman–Crippen MR) is 90.6 cm³/mol. The average molecular weight is 337 g/mol. The van der Waals surface area contributed by atoms with E-state index in [1.54, 1.807) is 30.6 Å². The molecule has 7 heteroatoms. The maximum Gasteiger partial charge on any atom is 0.273 e. The first-order chi connectivity index (χ1) is 12.3. The minimum absolute atomic E-state index is 0.252. The first-order valence-corrected chi connectivity index (χ1v) is 8.49. The lowest BCUT2D eigenvalue weighted by atomic mass is 10.2. The highest BCUT2D eigenvalue weighted by molar-refractivity contribution is 5.92. The zero-order chi connectivity index (χ0) is 17.1. The average Bonchev–Trinajstić information content (AvgIpc) is 3.41. The van der Waals surface area contributed by atoms with Gasteiger partial charge in [0.1, 0.15) is 0 Å². The first-order valence-electron chi connectivity index (χ1n) is 8.49. The summed E-state index contributed by atoms with van der Waals surface area (Å²) in [6, 6.07) is 7.68. The zero-order valence-corrected chi connectivity index (χ0v) is 13.8. The number of carbonyl (C=O) groups is 1. The minimum Gasteiger partial charge on any atom is -0.355 e. The van der Waals surface area contributed by atoms with E-state index < -0.39 is 0 Å². The lowest BCUT2D eigenvalue weighted by Gasteiger charge is -2.08. The Morgan fingerprint density at radius 2 is 2.04 bits per heavy atom. The molecule has 0 radical (unpaired) electrons. The van der Waals surface area contributed by atoms with E-state index in [2.05, 4.69) is 20.6 Å². The number of hydrogen-bond donors (Lipinski definition) is 1. The van der Waals surface area contributed by atoms with Crippen molar-refractivity contribution in [1.29, 1.82) is 0 Å². The molecule has 1 amide bonds. The fourth-order valence-corrected chi connectivity index (χ4v) is 3.14. The molecule has 0 unspecified atom stereocenters. The van der Waals surface area contributed by atoms with Gasteiger partial charge >= 0.3 is 0 Å². The highest BCUT2D eigenvalue weighted by Gasteiger charge is 2.18. The fraction of sp³-hybridized carbons (Fsp3) is 0.333. The third-order valence-electron chi connectivity index (χ3n) is 4.50. The molecule has 25 heavy (non-hydrogen) atoms. The van der Waals surface area contributed by atoms with Gasteiger partial charge in [0.05, 0.1) is 18.3 Å². The summed E-state index contributed by atoms with van der Waals surface area (Å²) in [5.41, 5.74) is 1.93. The molecule has 3 aromatic heterocycles. The normalized spacial score (nSPS) is 14.7. The molecular formula is C18H19N5O2. The van der Waals surface area contributed by atoms with Crippen molar-refractivity contribution in [3.63, 3.8) is 0 Å². The summed E-state index contributed by atoms with van der Waals surface area (Å²) in [4.78, 5) is 16.2. The van der Waals surface area contributed by atoms with Crippen molar-refractivity contribution in [1.82, 2.24) is 25.2 Å². The highest BCUT2D eigenvalue weighted by atomic mass is 16.5. The van der Waals surface area contributed by atoms with Gasteiger partial charge in [-0.1, -0.05) is 18.0 Å². The quantitative estimate of drug-likeness (QED) is 0.773. The van der Waals surface area contributed by atoms with Crippen molar-refractivity contribution in [2.24, 2.45) is 0 Å². The second kappa shape index (κ2) is 6.88. The molecule has 0 saturated heterocycles. The molecule has 1 aliphatic rings. The zero-order valence-electron chi connectivity index (χ0n) is 13.8. The second-order valence-corrected chi connectivity index (χ2v) is 6.22. The smallest absolute Gasteiger partial charge is 0.273 e. The Morgan fingerprint density at radius 3 is 2.84 bits per heavy atom. The lowest BCUT2D eigenvalue weighted by Crippen LogP contribution is -2.23. The van der Waals surface area contributed by atoms with Gasteiger partial charge in [-0.3, -0.25) is 14.5 Å². The number of aromatic nitrogens is 4. The van der Waals surface area contributed by atoms with Gasteiger partial charge in [-0.2, -0.15) is 5.10 Å². The third-order valence-corrected chi connectivity index (χ3v) is 4.50. The summed E-state index contributed by atoms with van der Waals surface area (Å²) < 4.78 is 7.26. The Hall–Kier alpha value is -2.96. The van der Waals surface area contributed by atoms with E-state index in [0.29, 0.717) is 18.3 Å². The van der Waals surface area contributed by atoms with Crippen molar-refractivity contribution in [2.45, 2.75) is 38.3 Å². The third kappa shape index (κ3) is 3.45. The van der Waals surface area contributed by atoms with E-state index in [9.17, 15) is 4.79 Å². The molecule has 3 aromatic rings. The van der Waals surface area contributed by atoms with Crippen LogP contribution in [0.2, 0.25) is 0 Å². The van der Waals surface area contributed by atoms with Gasteiger partial charge < -0.3 is 9.84 Å². The Bertz CT molecular complexity index is 849. The molecule has 1 aliphatic carbocycles. The van der Waals surface area contributed by atoms with E-state index in [-0.39, 0.29) is 11.6 Å². The molecule has 7 nitrogen and oxygen atoms in total. The van der Waals surface area contributed by atoms with Crippen molar-refractivity contribution < 1.29 is 9.32 Å². The summed E-state index contributed by atoms with van der Waals surface area (Å²) in [6.45, 7) is 0.371. The number of carbonyl (C=O) groups excluding carboxylic acids is 1. The molecule has 0 aromatic carbocycles. The molecule has 0 bridgehead atoms. The van der Waals surface area contributed by atoms with Crippen LogP contribution in [0.1, 0.15) is 47.9 Å². The van der Waals surface area contributed by atoms with Gasteiger partial charge in [0.15, 0.2) is 11.5 Å². The molecule has 128 valence electrons. The van der Waals surface area contributed by atoms with Gasteiger partial charge in [0.2, 0.25) is 0 Å². The summed E-state index contributed by atoms with van der Waals surface area (Å²) in [5, 5.41) is 11.2. The van der Waals surface area contributed by atoms with Gasteiger partial charge in [0.25, 0.3) is 5.91 Å². The highest BCUT2D eigenvalue weighted by Crippen LogP contribution is 2.28. The molecule has 1 N–H and O–H groups in total. The monoisotopic (exact) mass is 337 g/mol. The van der Waals surface area contributed by atoms with Gasteiger partial charge in [-0.15, -0.1) is 0 Å². The van der Waals surface area contributed by atoms with E-state index in [1.807, 2.05) is 16.9 Å². The second-order valence-electron chi connectivity index (χ2n) is 6.22. The number of hydrogen-bond acceptors (Lipinski definition) is 5. The van der Waals surface area contributed by atoms with Crippen LogP contribution in [0, 0.1) is 0 Å². The summed E-state index contributed by atoms with van der Waals surface area (Å²) >= 11 is 0. The van der Waals surface area contributed by atoms with Crippen LogP contribution in [0.3, 0.4) is 0 Å². The SMILES string of the molecule is O=C(NCc1ccn(C2CCCC2)n1)c1cc(-c2ccncc2)on1. The number of nitrogens with zero attached hydrogens (tertiary/aromatic N) is 4. The van der Waals surface area contributed by atoms with Gasteiger partial charge in [0, 0.05) is 30.2 Å². The van der Waals surface area contributed by atoms with E-state index in [0.717, 1.165) is 11.3 Å². The maximum absolute atomic E-state index is 12.2. The standard InChI is InChI=1S/C18H19N5O2/c24-18(16-11-17(25-22-16)13-5-8-19-9-6-13)20-12-14-7-10-23(21-14)15-3-1-2-4-15/h5-11,15H,1-4,12H2,(H,20,24). The lowest BCUT2D eigenvalue weighted by molar-refractivity contribution is 0.0941. The Balaban J connectivity index is 1.37. The molecule has 1 fully saturated rings. The van der Waals surface area contributed by atoms with E-state index in [4.69, 9.17) is 4.52 Å². The van der Waals surface area contributed by atoms with Crippen LogP contribution >= 0.6 is 0 Å². The summed E-state index contributed by atoms with van der Waals surface area (Å²) in [5.74, 6) is 0.262. The molecule has 0 aliphatic heterocycles. The molecule has 4 rings (SSSR count). The number of rotatable bonds is 5. The Morgan fingerprint density at radius 1 is 1.24 bits per heavy atom. The molecule has 0 atom stereocenters. The Kier molecular flexibility index (Phi) is 4.28. The summed E-state index contributed by atoms with van der Waals surface area (Å²) in [7, 11) is 0. The van der Waals surface area contributed by atoms with Crippen LogP contribution in [-0.2, 0) is 6.54 Å². The van der Waals surface area contributed by atoms with Crippen LogP contribution in [0.5, 0.6) is 0 Å². The van der Waals surface area contributed by atoms with E-state index in [1.165, 1.54) is 25.7 Å².